The molecule has 0 amide bonds. The minimum atomic E-state index is 0. The summed E-state index contributed by atoms with van der Waals surface area (Å²) < 4.78 is 7.37. The highest BCUT2D eigenvalue weighted by molar-refractivity contribution is 14.0. The first-order chi connectivity index (χ1) is 10.5. The highest BCUT2D eigenvalue weighted by Gasteiger charge is 2.00. The Hall–Kier alpha value is -1.77. The van der Waals surface area contributed by atoms with Crippen molar-refractivity contribution in [2.45, 2.75) is 26.4 Å². The predicted molar refractivity (Wildman–Crippen MR) is 105 cm³/mol. The number of rotatable bonds is 6. The third kappa shape index (κ3) is 6.89. The van der Waals surface area contributed by atoms with Gasteiger partial charge in [-0.15, -0.1) is 24.0 Å². The molecule has 2 aromatic rings. The van der Waals surface area contributed by atoms with E-state index in [1.807, 2.05) is 57.6 Å². The van der Waals surface area contributed by atoms with Gasteiger partial charge in [-0.2, -0.15) is 5.10 Å². The van der Waals surface area contributed by atoms with Crippen molar-refractivity contribution in [3.8, 4) is 5.75 Å². The topological polar surface area (TPSA) is 77.5 Å². The molecule has 2 rings (SSSR count). The molecule has 7 heteroatoms. The fourth-order valence-electron chi connectivity index (χ4n) is 1.98. The quantitative estimate of drug-likeness (QED) is 0.421. The first-order valence-corrected chi connectivity index (χ1v) is 7.34. The van der Waals surface area contributed by atoms with E-state index in [4.69, 9.17) is 10.5 Å². The molecule has 1 heterocycles. The number of ether oxygens (including phenoxy) is 1. The lowest BCUT2D eigenvalue weighted by Gasteiger charge is -2.10. The van der Waals surface area contributed by atoms with Crippen LogP contribution in [-0.2, 0) is 13.5 Å². The fourth-order valence-corrected chi connectivity index (χ4v) is 1.98. The van der Waals surface area contributed by atoms with E-state index < -0.39 is 0 Å². The summed E-state index contributed by atoms with van der Waals surface area (Å²) in [5.74, 6) is 1.24. The van der Waals surface area contributed by atoms with Gasteiger partial charge in [-0.3, -0.25) is 9.67 Å². The smallest absolute Gasteiger partial charge is 0.193 e. The molecule has 0 saturated heterocycles. The van der Waals surface area contributed by atoms with Crippen LogP contribution in [0.3, 0.4) is 0 Å². The van der Waals surface area contributed by atoms with Gasteiger partial charge in [-0.05, 0) is 50.1 Å². The molecule has 0 bridgehead atoms. The average Bonchev–Trinajstić information content (AvgIpc) is 2.86. The van der Waals surface area contributed by atoms with Crippen LogP contribution in [0.15, 0.2) is 41.7 Å². The molecular formula is C16H24IN5O. The lowest BCUT2D eigenvalue weighted by Crippen LogP contribution is -2.23. The van der Waals surface area contributed by atoms with Crippen molar-refractivity contribution in [2.75, 3.05) is 11.9 Å². The van der Waals surface area contributed by atoms with E-state index in [-0.39, 0.29) is 30.1 Å². The van der Waals surface area contributed by atoms with E-state index >= 15 is 0 Å². The molecule has 126 valence electrons. The Labute approximate surface area is 154 Å². The molecule has 6 nitrogen and oxygen atoms in total. The van der Waals surface area contributed by atoms with Crippen molar-refractivity contribution < 1.29 is 4.74 Å². The molecule has 0 fully saturated rings. The summed E-state index contributed by atoms with van der Waals surface area (Å²) in [6, 6.07) is 7.65. The maximum atomic E-state index is 5.88. The average molecular weight is 429 g/mol. The Morgan fingerprint density at radius 1 is 1.35 bits per heavy atom. The van der Waals surface area contributed by atoms with Crippen LogP contribution in [0.5, 0.6) is 5.75 Å². The largest absolute Gasteiger partial charge is 0.491 e. The van der Waals surface area contributed by atoms with Crippen LogP contribution < -0.4 is 15.8 Å². The third-order valence-corrected chi connectivity index (χ3v) is 2.94. The van der Waals surface area contributed by atoms with Gasteiger partial charge in [-0.25, -0.2) is 0 Å². The Bertz CT molecular complexity index is 622. The Morgan fingerprint density at radius 3 is 2.61 bits per heavy atom. The second-order valence-electron chi connectivity index (χ2n) is 5.36. The van der Waals surface area contributed by atoms with Crippen molar-refractivity contribution >= 4 is 35.6 Å². The van der Waals surface area contributed by atoms with E-state index in [2.05, 4.69) is 15.4 Å². The molecule has 0 saturated carbocycles. The number of anilines is 1. The molecule has 0 aliphatic heterocycles. The number of halogens is 1. The van der Waals surface area contributed by atoms with Crippen molar-refractivity contribution in [1.82, 2.24) is 9.78 Å². The fraction of sp³-hybridized carbons (Fsp3) is 0.375. The van der Waals surface area contributed by atoms with E-state index in [0.717, 1.165) is 23.4 Å². The number of aliphatic imine (C=N–C) groups is 1. The summed E-state index contributed by atoms with van der Waals surface area (Å²) in [5.41, 5.74) is 7.92. The highest BCUT2D eigenvalue weighted by atomic mass is 127. The van der Waals surface area contributed by atoms with Gasteiger partial charge in [0, 0.05) is 25.5 Å². The van der Waals surface area contributed by atoms with E-state index in [1.165, 1.54) is 0 Å². The number of hydrogen-bond donors (Lipinski definition) is 2. The van der Waals surface area contributed by atoms with Crippen LogP contribution in [0, 0.1) is 0 Å². The molecule has 0 radical (unpaired) electrons. The zero-order valence-corrected chi connectivity index (χ0v) is 16.0. The van der Waals surface area contributed by atoms with Crippen LogP contribution in [0.4, 0.5) is 5.69 Å². The molecule has 3 N–H and O–H groups in total. The number of nitrogens with one attached hydrogen (secondary N) is 1. The summed E-state index contributed by atoms with van der Waals surface area (Å²) in [4.78, 5) is 4.31. The van der Waals surface area contributed by atoms with Crippen molar-refractivity contribution in [1.29, 1.82) is 0 Å². The minimum absolute atomic E-state index is 0. The SMILES string of the molecule is CC(C)Oc1ccc(NC(N)=NCCc2cnn(C)c2)cc1.I. The van der Waals surface area contributed by atoms with Crippen molar-refractivity contribution in [3.05, 3.63) is 42.2 Å². The second-order valence-corrected chi connectivity index (χ2v) is 5.36. The zero-order valence-electron chi connectivity index (χ0n) is 13.7. The van der Waals surface area contributed by atoms with Gasteiger partial charge in [0.25, 0.3) is 0 Å². The molecule has 1 aromatic heterocycles. The third-order valence-electron chi connectivity index (χ3n) is 2.94. The summed E-state index contributed by atoms with van der Waals surface area (Å²) in [6.07, 6.45) is 4.80. The van der Waals surface area contributed by atoms with Crippen LogP contribution in [0.1, 0.15) is 19.4 Å². The van der Waals surface area contributed by atoms with E-state index in [0.29, 0.717) is 12.5 Å². The van der Waals surface area contributed by atoms with Crippen LogP contribution in [-0.4, -0.2) is 28.4 Å². The van der Waals surface area contributed by atoms with Crippen LogP contribution in [0.2, 0.25) is 0 Å². The van der Waals surface area contributed by atoms with Gasteiger partial charge in [0.2, 0.25) is 0 Å². The number of aromatic nitrogens is 2. The summed E-state index contributed by atoms with van der Waals surface area (Å²) >= 11 is 0. The molecule has 0 spiro atoms. The predicted octanol–water partition coefficient (Wildman–Crippen LogP) is 2.79. The normalized spacial score (nSPS) is 11.2. The minimum Gasteiger partial charge on any atom is -0.491 e. The molecule has 0 aliphatic carbocycles. The number of hydrogen-bond acceptors (Lipinski definition) is 3. The highest BCUT2D eigenvalue weighted by Crippen LogP contribution is 2.16. The van der Waals surface area contributed by atoms with Gasteiger partial charge in [0.15, 0.2) is 5.96 Å². The number of guanidine groups is 1. The van der Waals surface area contributed by atoms with Gasteiger partial charge in [0.05, 0.1) is 12.3 Å². The van der Waals surface area contributed by atoms with Gasteiger partial charge in [-0.1, -0.05) is 0 Å². The number of nitrogens with zero attached hydrogens (tertiary/aromatic N) is 3. The molecule has 1 aromatic carbocycles. The second kappa shape index (κ2) is 9.39. The first kappa shape index (κ1) is 19.3. The lowest BCUT2D eigenvalue weighted by molar-refractivity contribution is 0.242. The molecule has 0 unspecified atom stereocenters. The van der Waals surface area contributed by atoms with Gasteiger partial charge < -0.3 is 15.8 Å². The number of benzene rings is 1. The van der Waals surface area contributed by atoms with E-state index in [9.17, 15) is 0 Å². The Kier molecular flexibility index (Phi) is 7.87. The van der Waals surface area contributed by atoms with Gasteiger partial charge in [0.1, 0.15) is 5.75 Å². The Morgan fingerprint density at radius 2 is 2.04 bits per heavy atom. The maximum Gasteiger partial charge on any atom is 0.193 e. The van der Waals surface area contributed by atoms with Crippen LogP contribution in [0.25, 0.3) is 0 Å². The molecule has 0 aliphatic rings. The lowest BCUT2D eigenvalue weighted by atomic mass is 10.2. The maximum absolute atomic E-state index is 5.88. The van der Waals surface area contributed by atoms with Crippen LogP contribution >= 0.6 is 24.0 Å². The van der Waals surface area contributed by atoms with Crippen molar-refractivity contribution in [3.63, 3.8) is 0 Å². The monoisotopic (exact) mass is 429 g/mol. The standard InChI is InChI=1S/C16H23N5O.HI/c1-12(2)22-15-6-4-14(5-7-15)20-16(17)18-9-8-13-10-19-21(3)11-13;/h4-7,10-12H,8-9H2,1-3H3,(H3,17,18,20);1H. The molecular weight excluding hydrogens is 405 g/mol. The number of aryl methyl sites for hydroxylation is 1. The van der Waals surface area contributed by atoms with Gasteiger partial charge >= 0.3 is 0 Å². The van der Waals surface area contributed by atoms with Crippen molar-refractivity contribution in [2.24, 2.45) is 17.8 Å². The zero-order chi connectivity index (χ0) is 15.9. The first-order valence-electron chi connectivity index (χ1n) is 7.34. The number of nitrogens with two attached hydrogens (primary N) is 1. The molecule has 23 heavy (non-hydrogen) atoms. The summed E-state index contributed by atoms with van der Waals surface area (Å²) in [7, 11) is 1.90. The Balaban J connectivity index is 0.00000264. The summed E-state index contributed by atoms with van der Waals surface area (Å²) in [6.45, 7) is 4.62. The van der Waals surface area contributed by atoms with E-state index in [1.54, 1.807) is 4.68 Å². The molecule has 0 atom stereocenters. The summed E-state index contributed by atoms with van der Waals surface area (Å²) in [5, 5.41) is 7.19.